The van der Waals surface area contributed by atoms with Crippen molar-refractivity contribution >= 4 is 18.3 Å². The van der Waals surface area contributed by atoms with E-state index < -0.39 is 0 Å². The molecule has 21 heavy (non-hydrogen) atoms. The average Bonchev–Trinajstić information content (AvgIpc) is 2.84. The Morgan fingerprint density at radius 3 is 3.00 bits per heavy atom. The first kappa shape index (κ1) is 17.9. The number of nitrogens with zero attached hydrogens (tertiary/aromatic N) is 3. The number of carbonyl (C=O) groups excluding carboxylic acids is 1. The zero-order valence-electron chi connectivity index (χ0n) is 12.6. The smallest absolute Gasteiger partial charge is 0.221 e. The highest BCUT2D eigenvalue weighted by molar-refractivity contribution is 5.85. The van der Waals surface area contributed by atoms with Gasteiger partial charge in [0.1, 0.15) is 0 Å². The van der Waals surface area contributed by atoms with E-state index in [-0.39, 0.29) is 18.3 Å². The van der Waals surface area contributed by atoms with Crippen LogP contribution in [0.3, 0.4) is 0 Å². The third kappa shape index (κ3) is 5.30. The van der Waals surface area contributed by atoms with Gasteiger partial charge in [-0.25, -0.2) is 4.98 Å². The van der Waals surface area contributed by atoms with E-state index in [0.717, 1.165) is 26.1 Å². The number of piperidine rings is 1. The maximum Gasteiger partial charge on any atom is 0.221 e. The third-order valence-corrected chi connectivity index (χ3v) is 3.94. The number of nitrogens with one attached hydrogen (secondary N) is 1. The molecule has 2 heterocycles. The van der Waals surface area contributed by atoms with Crippen molar-refractivity contribution in [3.8, 4) is 0 Å². The number of nitrogens with two attached hydrogens (primary N) is 1. The molecule has 1 aromatic heterocycles. The normalized spacial score (nSPS) is 19.0. The van der Waals surface area contributed by atoms with Crippen LogP contribution in [0.1, 0.15) is 31.4 Å². The maximum absolute atomic E-state index is 11.5. The first-order valence-corrected chi connectivity index (χ1v) is 7.36. The van der Waals surface area contributed by atoms with Crippen molar-refractivity contribution in [1.82, 2.24) is 19.8 Å². The van der Waals surface area contributed by atoms with Crippen molar-refractivity contribution in [3.05, 3.63) is 18.2 Å². The van der Waals surface area contributed by atoms with E-state index in [2.05, 4.69) is 19.8 Å². The third-order valence-electron chi connectivity index (χ3n) is 3.94. The fourth-order valence-electron chi connectivity index (χ4n) is 2.70. The molecule has 0 saturated carbocycles. The maximum atomic E-state index is 11.5. The summed E-state index contributed by atoms with van der Waals surface area (Å²) in [5, 5.41) is 2.99. The van der Waals surface area contributed by atoms with E-state index >= 15 is 0 Å². The van der Waals surface area contributed by atoms with Gasteiger partial charge in [-0.1, -0.05) is 6.42 Å². The van der Waals surface area contributed by atoms with Crippen molar-refractivity contribution in [1.29, 1.82) is 0 Å². The lowest BCUT2D eigenvalue weighted by Gasteiger charge is -2.35. The highest BCUT2D eigenvalue weighted by atomic mass is 35.5. The molecule has 0 bridgehead atoms. The number of aromatic nitrogens is 2. The van der Waals surface area contributed by atoms with E-state index in [0.29, 0.717) is 19.0 Å². The number of rotatable bonds is 6. The Bertz CT molecular complexity index is 437. The van der Waals surface area contributed by atoms with Crippen LogP contribution in [0.15, 0.2) is 12.5 Å². The fourth-order valence-corrected chi connectivity index (χ4v) is 2.70. The van der Waals surface area contributed by atoms with Crippen molar-refractivity contribution in [2.75, 3.05) is 19.6 Å². The number of aryl methyl sites for hydroxylation is 1. The Balaban J connectivity index is 0.00000220. The second-order valence-corrected chi connectivity index (χ2v) is 5.46. The number of halogens is 1. The zero-order valence-corrected chi connectivity index (χ0v) is 13.4. The molecule has 6 nitrogen and oxygen atoms in total. The Morgan fingerprint density at radius 2 is 2.33 bits per heavy atom. The summed E-state index contributed by atoms with van der Waals surface area (Å²) >= 11 is 0. The number of hydrogen-bond acceptors (Lipinski definition) is 4. The molecule has 1 fully saturated rings. The van der Waals surface area contributed by atoms with Crippen molar-refractivity contribution in [3.63, 3.8) is 0 Å². The molecular weight excluding hydrogens is 290 g/mol. The van der Waals surface area contributed by atoms with Gasteiger partial charge in [-0.15, -0.1) is 12.4 Å². The number of carbonyl (C=O) groups is 1. The first-order chi connectivity index (χ1) is 9.70. The van der Waals surface area contributed by atoms with Gasteiger partial charge in [0.05, 0.1) is 12.0 Å². The molecule has 120 valence electrons. The minimum absolute atomic E-state index is 0. The molecule has 0 spiro atoms. The van der Waals surface area contributed by atoms with E-state index in [9.17, 15) is 4.79 Å². The molecule has 0 aromatic carbocycles. The monoisotopic (exact) mass is 315 g/mol. The second-order valence-electron chi connectivity index (χ2n) is 5.46. The molecule has 1 aromatic rings. The Morgan fingerprint density at radius 1 is 1.52 bits per heavy atom. The van der Waals surface area contributed by atoms with E-state index in [4.69, 9.17) is 5.73 Å². The molecule has 1 amide bonds. The van der Waals surface area contributed by atoms with Crippen LogP contribution in [0.5, 0.6) is 0 Å². The van der Waals surface area contributed by atoms with Crippen LogP contribution in [-0.2, 0) is 18.4 Å². The van der Waals surface area contributed by atoms with Crippen molar-refractivity contribution in [2.24, 2.45) is 12.8 Å². The molecule has 1 atom stereocenters. The minimum Gasteiger partial charge on any atom is -0.354 e. The highest BCUT2D eigenvalue weighted by Gasteiger charge is 2.23. The molecule has 1 aliphatic rings. The molecule has 7 heteroatoms. The lowest BCUT2D eigenvalue weighted by molar-refractivity contribution is -0.121. The van der Waals surface area contributed by atoms with Gasteiger partial charge in [0.15, 0.2) is 0 Å². The molecule has 1 unspecified atom stereocenters. The topological polar surface area (TPSA) is 76.2 Å². The molecule has 0 aliphatic carbocycles. The number of amides is 1. The Hall–Kier alpha value is -1.11. The van der Waals surface area contributed by atoms with Crippen LogP contribution >= 0.6 is 12.4 Å². The Labute approximate surface area is 132 Å². The number of imidazole rings is 1. The van der Waals surface area contributed by atoms with Gasteiger partial charge >= 0.3 is 0 Å². The first-order valence-electron chi connectivity index (χ1n) is 7.36. The summed E-state index contributed by atoms with van der Waals surface area (Å²) < 4.78 is 2.05. The van der Waals surface area contributed by atoms with Gasteiger partial charge in [-0.2, -0.15) is 0 Å². The van der Waals surface area contributed by atoms with Crippen molar-refractivity contribution in [2.45, 2.75) is 38.3 Å². The zero-order chi connectivity index (χ0) is 14.4. The van der Waals surface area contributed by atoms with E-state index in [1.54, 1.807) is 0 Å². The predicted molar refractivity (Wildman–Crippen MR) is 85.2 cm³/mol. The summed E-state index contributed by atoms with van der Waals surface area (Å²) in [5.41, 5.74) is 6.60. The summed E-state index contributed by atoms with van der Waals surface area (Å²) in [6, 6.07) is 0.417. The minimum atomic E-state index is 0. The fraction of sp³-hybridized carbons (Fsp3) is 0.714. The molecule has 0 radical (unpaired) electrons. The van der Waals surface area contributed by atoms with Gasteiger partial charge in [-0.3, -0.25) is 9.69 Å². The predicted octanol–water partition coefficient (Wildman–Crippen LogP) is 0.661. The quantitative estimate of drug-likeness (QED) is 0.808. The average molecular weight is 316 g/mol. The highest BCUT2D eigenvalue weighted by Crippen LogP contribution is 2.19. The van der Waals surface area contributed by atoms with Gasteiger partial charge in [0.2, 0.25) is 5.91 Å². The van der Waals surface area contributed by atoms with Crippen LogP contribution in [0, 0.1) is 0 Å². The molecular formula is C14H26ClN5O. The van der Waals surface area contributed by atoms with Crippen LogP contribution in [0.2, 0.25) is 0 Å². The molecule has 1 saturated heterocycles. The van der Waals surface area contributed by atoms with Gasteiger partial charge in [0, 0.05) is 45.3 Å². The van der Waals surface area contributed by atoms with E-state index in [1.165, 1.54) is 18.5 Å². The summed E-state index contributed by atoms with van der Waals surface area (Å²) in [6.45, 7) is 3.11. The lowest BCUT2D eigenvalue weighted by atomic mass is 10.0. The second kappa shape index (κ2) is 9.02. The SMILES string of the molecule is Cl.Cn1cncc1CN1CCCCC1CNC(=O)CCN. The molecule has 1 aliphatic heterocycles. The molecule has 2 rings (SSSR count). The lowest BCUT2D eigenvalue weighted by Crippen LogP contribution is -2.46. The summed E-state index contributed by atoms with van der Waals surface area (Å²) in [6.07, 6.45) is 7.76. The largest absolute Gasteiger partial charge is 0.354 e. The Kier molecular flexibility index (Phi) is 7.71. The van der Waals surface area contributed by atoms with Crippen LogP contribution < -0.4 is 11.1 Å². The van der Waals surface area contributed by atoms with Crippen LogP contribution in [-0.4, -0.2) is 46.0 Å². The number of hydrogen-bond donors (Lipinski definition) is 2. The van der Waals surface area contributed by atoms with Crippen molar-refractivity contribution < 1.29 is 4.79 Å². The standard InChI is InChI=1S/C14H25N5O.ClH/c1-18-11-16-8-13(18)10-19-7-3-2-4-12(19)9-17-14(20)5-6-15;/h8,11-12H,2-7,9-10,15H2,1H3,(H,17,20);1H. The number of likely N-dealkylation sites (tertiary alicyclic amines) is 1. The van der Waals surface area contributed by atoms with Gasteiger partial charge in [0.25, 0.3) is 0 Å². The summed E-state index contributed by atoms with van der Waals surface area (Å²) in [5.74, 6) is 0.0542. The van der Waals surface area contributed by atoms with Crippen LogP contribution in [0.25, 0.3) is 0 Å². The summed E-state index contributed by atoms with van der Waals surface area (Å²) in [4.78, 5) is 18.2. The summed E-state index contributed by atoms with van der Waals surface area (Å²) in [7, 11) is 2.02. The molecule has 3 N–H and O–H groups in total. The van der Waals surface area contributed by atoms with Crippen LogP contribution in [0.4, 0.5) is 0 Å². The van der Waals surface area contributed by atoms with Gasteiger partial charge < -0.3 is 15.6 Å². The van der Waals surface area contributed by atoms with E-state index in [1.807, 2.05) is 19.6 Å². The van der Waals surface area contributed by atoms with Gasteiger partial charge in [-0.05, 0) is 19.4 Å².